The summed E-state index contributed by atoms with van der Waals surface area (Å²) < 4.78 is 5.10. The molecule has 0 aliphatic carbocycles. The van der Waals surface area contributed by atoms with Crippen molar-refractivity contribution in [3.63, 3.8) is 0 Å². The van der Waals surface area contributed by atoms with E-state index in [1.54, 1.807) is 18.9 Å². The van der Waals surface area contributed by atoms with E-state index in [9.17, 15) is 4.79 Å². The molecule has 1 saturated heterocycles. The fourth-order valence-electron chi connectivity index (χ4n) is 2.24. The number of amides is 1. The van der Waals surface area contributed by atoms with Gasteiger partial charge in [0.05, 0.1) is 12.6 Å². The third kappa shape index (κ3) is 6.12. The van der Waals surface area contributed by atoms with E-state index in [0.29, 0.717) is 0 Å². The highest BCUT2D eigenvalue weighted by atomic mass is 32.2. The standard InChI is InChI=1S/C13H27N3O2S/c1-18-10-9-15-5-3-6-16(8-7-15)13(17)12(14)4-11-19-2/h12H,3-11,14H2,1-2H3/t12-/m0/s1. The second-order valence-corrected chi connectivity index (χ2v) is 5.89. The van der Waals surface area contributed by atoms with Gasteiger partial charge >= 0.3 is 0 Å². The van der Waals surface area contributed by atoms with Crippen molar-refractivity contribution in [1.82, 2.24) is 9.80 Å². The van der Waals surface area contributed by atoms with E-state index in [1.165, 1.54) is 0 Å². The summed E-state index contributed by atoms with van der Waals surface area (Å²) in [4.78, 5) is 16.5. The number of rotatable bonds is 7. The SMILES string of the molecule is COCCN1CCCN(C(=O)[C@@H](N)CCSC)CC1. The van der Waals surface area contributed by atoms with Crippen LogP contribution in [0.5, 0.6) is 0 Å². The van der Waals surface area contributed by atoms with Gasteiger partial charge in [0.15, 0.2) is 0 Å². The molecule has 1 amide bonds. The van der Waals surface area contributed by atoms with Crippen molar-refractivity contribution in [1.29, 1.82) is 0 Å². The molecule has 1 atom stereocenters. The summed E-state index contributed by atoms with van der Waals surface area (Å²) in [5.74, 6) is 1.06. The van der Waals surface area contributed by atoms with Crippen LogP contribution in [0.3, 0.4) is 0 Å². The minimum Gasteiger partial charge on any atom is -0.383 e. The quantitative estimate of drug-likeness (QED) is 0.728. The van der Waals surface area contributed by atoms with Gasteiger partial charge in [-0.2, -0.15) is 11.8 Å². The molecule has 5 nitrogen and oxygen atoms in total. The predicted molar refractivity (Wildman–Crippen MR) is 80.5 cm³/mol. The molecule has 0 spiro atoms. The molecule has 0 radical (unpaired) electrons. The first-order chi connectivity index (χ1) is 9.19. The van der Waals surface area contributed by atoms with E-state index >= 15 is 0 Å². The summed E-state index contributed by atoms with van der Waals surface area (Å²) in [5, 5.41) is 0. The molecule has 0 saturated carbocycles. The number of carbonyl (C=O) groups is 1. The first kappa shape index (κ1) is 16.8. The summed E-state index contributed by atoms with van der Waals surface area (Å²) in [6, 6.07) is -0.335. The Hall–Kier alpha value is -0.300. The number of thioether (sulfide) groups is 1. The fraction of sp³-hybridized carbons (Fsp3) is 0.923. The molecule has 1 heterocycles. The Bertz CT molecular complexity index is 266. The van der Waals surface area contributed by atoms with E-state index in [4.69, 9.17) is 10.5 Å². The summed E-state index contributed by atoms with van der Waals surface area (Å²) in [6.45, 7) is 5.26. The Kier molecular flexibility index (Phi) is 8.45. The third-order valence-electron chi connectivity index (χ3n) is 3.46. The van der Waals surface area contributed by atoms with Crippen molar-refractivity contribution < 1.29 is 9.53 Å². The van der Waals surface area contributed by atoms with Crippen LogP contribution in [0.4, 0.5) is 0 Å². The molecular formula is C13H27N3O2S. The summed E-state index contributed by atoms with van der Waals surface area (Å²) in [5.41, 5.74) is 5.96. The van der Waals surface area contributed by atoms with E-state index in [-0.39, 0.29) is 11.9 Å². The van der Waals surface area contributed by atoms with Crippen LogP contribution in [0.1, 0.15) is 12.8 Å². The molecule has 0 unspecified atom stereocenters. The second kappa shape index (κ2) is 9.58. The van der Waals surface area contributed by atoms with Gasteiger partial charge in [-0.3, -0.25) is 9.69 Å². The van der Waals surface area contributed by atoms with Gasteiger partial charge in [0.1, 0.15) is 0 Å². The molecule has 0 aromatic rings. The number of ether oxygens (including phenoxy) is 1. The summed E-state index contributed by atoms with van der Waals surface area (Å²) in [7, 11) is 1.72. The van der Waals surface area contributed by atoms with Crippen molar-refractivity contribution >= 4 is 17.7 Å². The molecule has 1 aliphatic rings. The van der Waals surface area contributed by atoms with Crippen LogP contribution in [-0.2, 0) is 9.53 Å². The topological polar surface area (TPSA) is 58.8 Å². The van der Waals surface area contributed by atoms with Gasteiger partial charge in [-0.1, -0.05) is 0 Å². The number of nitrogens with two attached hydrogens (primary N) is 1. The molecular weight excluding hydrogens is 262 g/mol. The lowest BCUT2D eigenvalue weighted by atomic mass is 10.2. The summed E-state index contributed by atoms with van der Waals surface area (Å²) >= 11 is 1.73. The first-order valence-electron chi connectivity index (χ1n) is 6.93. The normalized spacial score (nSPS) is 19.2. The van der Waals surface area contributed by atoms with Crippen LogP contribution in [0, 0.1) is 0 Å². The number of hydrogen-bond acceptors (Lipinski definition) is 5. The van der Waals surface area contributed by atoms with E-state index in [0.717, 1.165) is 57.9 Å². The van der Waals surface area contributed by atoms with E-state index in [2.05, 4.69) is 4.90 Å². The Morgan fingerprint density at radius 1 is 1.37 bits per heavy atom. The molecule has 112 valence electrons. The molecule has 0 aromatic heterocycles. The lowest BCUT2D eigenvalue weighted by Gasteiger charge is -2.24. The van der Waals surface area contributed by atoms with Crippen LogP contribution < -0.4 is 5.73 Å². The second-order valence-electron chi connectivity index (χ2n) is 4.90. The van der Waals surface area contributed by atoms with E-state index < -0.39 is 0 Å². The monoisotopic (exact) mass is 289 g/mol. The van der Waals surface area contributed by atoms with Gasteiger partial charge in [-0.15, -0.1) is 0 Å². The predicted octanol–water partition coefficient (Wildman–Crippen LogP) is 0.248. The molecule has 19 heavy (non-hydrogen) atoms. The highest BCUT2D eigenvalue weighted by Crippen LogP contribution is 2.07. The van der Waals surface area contributed by atoms with Crippen molar-refractivity contribution in [3.05, 3.63) is 0 Å². The van der Waals surface area contributed by atoms with Crippen LogP contribution in [0.2, 0.25) is 0 Å². The van der Waals surface area contributed by atoms with Crippen LogP contribution in [0.15, 0.2) is 0 Å². The Balaban J connectivity index is 2.36. The maximum atomic E-state index is 12.2. The Labute approximate surface area is 120 Å². The lowest BCUT2D eigenvalue weighted by Crippen LogP contribution is -2.45. The molecule has 2 N–H and O–H groups in total. The van der Waals surface area contributed by atoms with Gasteiger partial charge in [0.25, 0.3) is 0 Å². The van der Waals surface area contributed by atoms with Gasteiger partial charge in [0, 0.05) is 33.3 Å². The van der Waals surface area contributed by atoms with Gasteiger partial charge in [-0.25, -0.2) is 0 Å². The largest absolute Gasteiger partial charge is 0.383 e. The molecule has 1 aliphatic heterocycles. The number of hydrogen-bond donors (Lipinski definition) is 1. The average Bonchev–Trinajstić information content (AvgIpc) is 2.67. The van der Waals surface area contributed by atoms with Crippen molar-refractivity contribution in [2.75, 3.05) is 58.4 Å². The molecule has 6 heteroatoms. The lowest BCUT2D eigenvalue weighted by molar-refractivity contribution is -0.132. The van der Waals surface area contributed by atoms with Crippen LogP contribution in [-0.4, -0.2) is 80.2 Å². The number of nitrogens with zero attached hydrogens (tertiary/aromatic N) is 2. The van der Waals surface area contributed by atoms with Crippen molar-refractivity contribution in [3.8, 4) is 0 Å². The zero-order valence-corrected chi connectivity index (χ0v) is 13.0. The van der Waals surface area contributed by atoms with Crippen LogP contribution >= 0.6 is 11.8 Å². The number of methoxy groups -OCH3 is 1. The molecule has 1 fully saturated rings. The summed E-state index contributed by atoms with van der Waals surface area (Å²) in [6.07, 6.45) is 3.82. The maximum absolute atomic E-state index is 12.2. The molecule has 1 rings (SSSR count). The minimum absolute atomic E-state index is 0.114. The highest BCUT2D eigenvalue weighted by Gasteiger charge is 2.23. The number of carbonyl (C=O) groups excluding carboxylic acids is 1. The van der Waals surface area contributed by atoms with Crippen molar-refractivity contribution in [2.45, 2.75) is 18.9 Å². The average molecular weight is 289 g/mol. The Morgan fingerprint density at radius 2 is 2.16 bits per heavy atom. The van der Waals surface area contributed by atoms with Crippen molar-refractivity contribution in [2.24, 2.45) is 5.73 Å². The molecule has 0 bridgehead atoms. The molecule has 0 aromatic carbocycles. The minimum atomic E-state index is -0.335. The first-order valence-corrected chi connectivity index (χ1v) is 8.33. The fourth-order valence-corrected chi connectivity index (χ4v) is 2.73. The van der Waals surface area contributed by atoms with Gasteiger partial charge in [-0.05, 0) is 31.4 Å². The van der Waals surface area contributed by atoms with Gasteiger partial charge in [0.2, 0.25) is 5.91 Å². The Morgan fingerprint density at radius 3 is 2.84 bits per heavy atom. The highest BCUT2D eigenvalue weighted by molar-refractivity contribution is 7.98. The zero-order valence-electron chi connectivity index (χ0n) is 12.1. The van der Waals surface area contributed by atoms with E-state index in [1.807, 2.05) is 11.2 Å². The van der Waals surface area contributed by atoms with Gasteiger partial charge < -0.3 is 15.4 Å². The van der Waals surface area contributed by atoms with Crippen LogP contribution in [0.25, 0.3) is 0 Å². The third-order valence-corrected chi connectivity index (χ3v) is 4.11. The zero-order chi connectivity index (χ0) is 14.1. The maximum Gasteiger partial charge on any atom is 0.239 e. The smallest absolute Gasteiger partial charge is 0.239 e.